The molecule has 1 aliphatic heterocycles. The summed E-state index contributed by atoms with van der Waals surface area (Å²) >= 11 is 0. The van der Waals surface area contributed by atoms with Gasteiger partial charge in [-0.1, -0.05) is 6.07 Å². The standard InChI is InChI=1S/C20H16F4N2O6/c21-17-8-11(1-6-16(17)20(22,23)24)12-7-13(18(27)28)10-25(9-12)19(29)32-15-4-2-14(3-5-15)26(30)31/h1-6,8,12-13H,7,9-10H2,(H,27,28). The summed E-state index contributed by atoms with van der Waals surface area (Å²) in [5.74, 6) is -4.53. The highest BCUT2D eigenvalue weighted by Crippen LogP contribution is 2.36. The fourth-order valence-electron chi connectivity index (χ4n) is 3.49. The van der Waals surface area contributed by atoms with Gasteiger partial charge in [-0.3, -0.25) is 14.9 Å². The molecule has 1 N–H and O–H groups in total. The Morgan fingerprint density at radius 1 is 1.12 bits per heavy atom. The predicted octanol–water partition coefficient (Wildman–Crippen LogP) is 4.44. The lowest BCUT2D eigenvalue weighted by Gasteiger charge is -2.35. The molecule has 1 heterocycles. The minimum atomic E-state index is -4.88. The molecule has 1 amide bonds. The largest absolute Gasteiger partial charge is 0.481 e. The number of rotatable bonds is 4. The summed E-state index contributed by atoms with van der Waals surface area (Å²) in [5, 5.41) is 20.1. The SMILES string of the molecule is O=C(O)C1CC(c2ccc(C(F)(F)F)c(F)c2)CN(C(=O)Oc2ccc([N+](=O)[O-])cc2)C1. The first-order chi connectivity index (χ1) is 15.0. The summed E-state index contributed by atoms with van der Waals surface area (Å²) in [4.78, 5) is 35.2. The topological polar surface area (TPSA) is 110 Å². The lowest BCUT2D eigenvalue weighted by molar-refractivity contribution is -0.384. The number of carbonyl (C=O) groups excluding carboxylic acids is 1. The first-order valence-electron chi connectivity index (χ1n) is 9.26. The van der Waals surface area contributed by atoms with Crippen molar-refractivity contribution < 1.29 is 41.9 Å². The third-order valence-electron chi connectivity index (χ3n) is 5.08. The minimum Gasteiger partial charge on any atom is -0.481 e. The van der Waals surface area contributed by atoms with E-state index in [2.05, 4.69) is 0 Å². The number of carbonyl (C=O) groups is 2. The summed E-state index contributed by atoms with van der Waals surface area (Å²) in [6.07, 6.45) is -5.83. The number of carboxylic acids is 1. The van der Waals surface area contributed by atoms with Crippen LogP contribution in [0.4, 0.5) is 28.0 Å². The zero-order valence-corrected chi connectivity index (χ0v) is 16.2. The van der Waals surface area contributed by atoms with Crippen LogP contribution in [0.1, 0.15) is 23.5 Å². The van der Waals surface area contributed by atoms with Gasteiger partial charge in [0, 0.05) is 31.1 Å². The Hall–Kier alpha value is -3.70. The quantitative estimate of drug-likeness (QED) is 0.414. The van der Waals surface area contributed by atoms with Crippen LogP contribution in [-0.2, 0) is 11.0 Å². The molecule has 2 aromatic carbocycles. The summed E-state index contributed by atoms with van der Waals surface area (Å²) in [6, 6.07) is 6.95. The van der Waals surface area contributed by atoms with Crippen molar-refractivity contribution in [2.45, 2.75) is 18.5 Å². The third-order valence-corrected chi connectivity index (χ3v) is 5.08. The number of likely N-dealkylation sites (tertiary alicyclic amines) is 1. The van der Waals surface area contributed by atoms with Crippen molar-refractivity contribution in [2.24, 2.45) is 5.92 Å². The second kappa shape index (κ2) is 8.81. The van der Waals surface area contributed by atoms with E-state index in [1.807, 2.05) is 0 Å². The zero-order valence-electron chi connectivity index (χ0n) is 16.2. The number of piperidine rings is 1. The van der Waals surface area contributed by atoms with Crippen molar-refractivity contribution in [3.63, 3.8) is 0 Å². The van der Waals surface area contributed by atoms with Gasteiger partial charge in [-0.25, -0.2) is 9.18 Å². The molecular formula is C20H16F4N2O6. The monoisotopic (exact) mass is 456 g/mol. The van der Waals surface area contributed by atoms with E-state index < -0.39 is 46.4 Å². The van der Waals surface area contributed by atoms with Crippen LogP contribution in [0.25, 0.3) is 0 Å². The van der Waals surface area contributed by atoms with E-state index in [4.69, 9.17) is 4.74 Å². The molecule has 0 saturated carbocycles. The highest BCUT2D eigenvalue weighted by atomic mass is 19.4. The Morgan fingerprint density at radius 3 is 2.31 bits per heavy atom. The van der Waals surface area contributed by atoms with E-state index in [1.54, 1.807) is 0 Å². The van der Waals surface area contributed by atoms with Crippen molar-refractivity contribution in [3.05, 3.63) is 69.5 Å². The van der Waals surface area contributed by atoms with Gasteiger partial charge in [-0.15, -0.1) is 0 Å². The molecule has 2 atom stereocenters. The third kappa shape index (κ3) is 5.13. The molecule has 3 rings (SSSR count). The second-order valence-electron chi connectivity index (χ2n) is 7.23. The fraction of sp³-hybridized carbons (Fsp3) is 0.300. The van der Waals surface area contributed by atoms with Gasteiger partial charge in [0.15, 0.2) is 0 Å². The van der Waals surface area contributed by atoms with Gasteiger partial charge in [0.2, 0.25) is 0 Å². The molecule has 2 aromatic rings. The Balaban J connectivity index is 1.80. The van der Waals surface area contributed by atoms with E-state index in [1.165, 1.54) is 12.1 Å². The van der Waals surface area contributed by atoms with Gasteiger partial charge in [-0.2, -0.15) is 13.2 Å². The van der Waals surface area contributed by atoms with E-state index in [0.29, 0.717) is 12.1 Å². The maximum Gasteiger partial charge on any atom is 0.419 e. The number of alkyl halides is 3. The van der Waals surface area contributed by atoms with E-state index in [9.17, 15) is 42.4 Å². The van der Waals surface area contributed by atoms with E-state index in [0.717, 1.165) is 23.1 Å². The summed E-state index contributed by atoms with van der Waals surface area (Å²) in [6.45, 7) is -0.332. The smallest absolute Gasteiger partial charge is 0.419 e. The molecular weight excluding hydrogens is 440 g/mol. The van der Waals surface area contributed by atoms with Crippen LogP contribution in [0.3, 0.4) is 0 Å². The van der Waals surface area contributed by atoms with Gasteiger partial charge < -0.3 is 14.7 Å². The molecule has 2 unspecified atom stereocenters. The van der Waals surface area contributed by atoms with Crippen molar-refractivity contribution in [3.8, 4) is 5.75 Å². The van der Waals surface area contributed by atoms with Crippen molar-refractivity contribution in [1.29, 1.82) is 0 Å². The van der Waals surface area contributed by atoms with Crippen LogP contribution in [-0.4, -0.2) is 40.1 Å². The number of nitro benzene ring substituents is 1. The van der Waals surface area contributed by atoms with E-state index >= 15 is 0 Å². The lowest BCUT2D eigenvalue weighted by Crippen LogP contribution is -2.46. The molecule has 0 aromatic heterocycles. The number of amides is 1. The number of nitro groups is 1. The Labute approximate surface area is 178 Å². The molecule has 0 aliphatic carbocycles. The summed E-state index contributed by atoms with van der Waals surface area (Å²) < 4.78 is 57.6. The molecule has 0 radical (unpaired) electrons. The number of carboxylic acid groups (broad SMARTS) is 1. The average molecular weight is 456 g/mol. The zero-order chi connectivity index (χ0) is 23.6. The number of non-ortho nitro benzene ring substituents is 1. The summed E-state index contributed by atoms with van der Waals surface area (Å²) in [7, 11) is 0. The molecule has 1 saturated heterocycles. The highest BCUT2D eigenvalue weighted by molar-refractivity contribution is 5.75. The Bertz CT molecular complexity index is 1040. The number of ether oxygens (including phenoxy) is 1. The fourth-order valence-corrected chi connectivity index (χ4v) is 3.49. The van der Waals surface area contributed by atoms with Gasteiger partial charge in [-0.05, 0) is 36.2 Å². The second-order valence-corrected chi connectivity index (χ2v) is 7.23. The highest BCUT2D eigenvalue weighted by Gasteiger charge is 2.37. The predicted molar refractivity (Wildman–Crippen MR) is 101 cm³/mol. The van der Waals surface area contributed by atoms with Gasteiger partial charge in [0.1, 0.15) is 11.6 Å². The molecule has 12 heteroatoms. The van der Waals surface area contributed by atoms with Crippen LogP contribution < -0.4 is 4.74 Å². The molecule has 0 spiro atoms. The molecule has 1 fully saturated rings. The molecule has 170 valence electrons. The first kappa shape index (κ1) is 23.0. The first-order valence-corrected chi connectivity index (χ1v) is 9.26. The van der Waals surface area contributed by atoms with Crippen LogP contribution >= 0.6 is 0 Å². The normalized spacial score (nSPS) is 18.8. The molecule has 1 aliphatic rings. The van der Waals surface area contributed by atoms with Gasteiger partial charge in [0.05, 0.1) is 16.4 Å². The molecule has 0 bridgehead atoms. The van der Waals surface area contributed by atoms with Crippen LogP contribution in [0.5, 0.6) is 5.75 Å². The van der Waals surface area contributed by atoms with Crippen molar-refractivity contribution in [1.82, 2.24) is 4.90 Å². The maximum absolute atomic E-state index is 14.0. The van der Waals surface area contributed by atoms with Crippen molar-refractivity contribution >= 4 is 17.7 Å². The molecule has 32 heavy (non-hydrogen) atoms. The average Bonchev–Trinajstić information content (AvgIpc) is 2.72. The maximum atomic E-state index is 14.0. The number of benzene rings is 2. The summed E-state index contributed by atoms with van der Waals surface area (Å²) in [5.41, 5.74) is -1.55. The van der Waals surface area contributed by atoms with Crippen LogP contribution in [0.2, 0.25) is 0 Å². The number of hydrogen-bond acceptors (Lipinski definition) is 5. The number of aliphatic carboxylic acids is 1. The van der Waals surface area contributed by atoms with E-state index in [-0.39, 0.29) is 36.5 Å². The van der Waals surface area contributed by atoms with Crippen LogP contribution in [0.15, 0.2) is 42.5 Å². The molecule has 8 nitrogen and oxygen atoms in total. The number of halogens is 4. The number of nitrogens with zero attached hydrogens (tertiary/aromatic N) is 2. The van der Waals surface area contributed by atoms with Gasteiger partial charge in [0.25, 0.3) is 5.69 Å². The number of hydrogen-bond donors (Lipinski definition) is 1. The van der Waals surface area contributed by atoms with Crippen molar-refractivity contribution in [2.75, 3.05) is 13.1 Å². The Kier molecular flexibility index (Phi) is 6.32. The minimum absolute atomic E-state index is 0.0125. The lowest BCUT2D eigenvalue weighted by atomic mass is 9.84. The Morgan fingerprint density at radius 2 is 1.78 bits per heavy atom. The van der Waals surface area contributed by atoms with Gasteiger partial charge >= 0.3 is 18.2 Å². The van der Waals surface area contributed by atoms with Crippen LogP contribution in [0, 0.1) is 21.8 Å².